The van der Waals surface area contributed by atoms with E-state index in [1.54, 1.807) is 13.8 Å². The van der Waals surface area contributed by atoms with Crippen LogP contribution in [0.5, 0.6) is 5.75 Å². The van der Waals surface area contributed by atoms with Gasteiger partial charge in [-0.2, -0.15) is 4.31 Å². The van der Waals surface area contributed by atoms with E-state index in [2.05, 4.69) is 5.32 Å². The summed E-state index contributed by atoms with van der Waals surface area (Å²) in [6.07, 6.45) is 5.29. The number of phenols is 1. The van der Waals surface area contributed by atoms with Gasteiger partial charge in [0.1, 0.15) is 5.75 Å². The van der Waals surface area contributed by atoms with Gasteiger partial charge in [0.15, 0.2) is 0 Å². The number of nitrogens with zero attached hydrogens (tertiary/aromatic N) is 1. The Kier molecular flexibility index (Phi) is 5.58. The van der Waals surface area contributed by atoms with Gasteiger partial charge in [0.05, 0.1) is 10.6 Å². The molecule has 2 saturated carbocycles. The summed E-state index contributed by atoms with van der Waals surface area (Å²) >= 11 is 0. The molecule has 2 fully saturated rings. The summed E-state index contributed by atoms with van der Waals surface area (Å²) in [5.74, 6) is 1.56. The molecule has 3 atom stereocenters. The van der Waals surface area contributed by atoms with E-state index in [-0.39, 0.29) is 22.2 Å². The van der Waals surface area contributed by atoms with Gasteiger partial charge in [-0.1, -0.05) is 20.3 Å². The number of carbonyl (C=O) groups excluding carboxylic acids is 1. The van der Waals surface area contributed by atoms with Crippen molar-refractivity contribution in [3.05, 3.63) is 18.2 Å². The maximum Gasteiger partial charge on any atom is 0.243 e. The molecule has 2 aliphatic carbocycles. The summed E-state index contributed by atoms with van der Waals surface area (Å²) in [7, 11) is -3.63. The Morgan fingerprint density at radius 2 is 1.96 bits per heavy atom. The van der Waals surface area contributed by atoms with Crippen molar-refractivity contribution in [3.63, 3.8) is 0 Å². The van der Waals surface area contributed by atoms with Crippen molar-refractivity contribution in [2.45, 2.75) is 50.8 Å². The lowest BCUT2D eigenvalue weighted by Crippen LogP contribution is -2.30. The second-order valence-corrected chi connectivity index (χ2v) is 9.39. The monoisotopic (exact) mass is 380 g/mol. The zero-order valence-corrected chi connectivity index (χ0v) is 16.3. The molecule has 1 aromatic rings. The van der Waals surface area contributed by atoms with Gasteiger partial charge in [-0.15, -0.1) is 0 Å². The van der Waals surface area contributed by atoms with Crippen LogP contribution in [0.15, 0.2) is 23.1 Å². The van der Waals surface area contributed by atoms with Gasteiger partial charge in [0, 0.05) is 19.5 Å². The lowest BCUT2D eigenvalue weighted by molar-refractivity contribution is -0.117. The van der Waals surface area contributed by atoms with Crippen LogP contribution < -0.4 is 5.32 Å². The first-order valence-electron chi connectivity index (χ1n) is 9.48. The van der Waals surface area contributed by atoms with E-state index in [1.807, 2.05) is 0 Å². The van der Waals surface area contributed by atoms with E-state index in [4.69, 9.17) is 0 Å². The van der Waals surface area contributed by atoms with Crippen LogP contribution in [-0.2, 0) is 14.8 Å². The minimum atomic E-state index is -3.63. The number of fused-ring (bicyclic) bond motifs is 2. The van der Waals surface area contributed by atoms with Crippen LogP contribution in [0, 0.1) is 17.8 Å². The maximum absolute atomic E-state index is 12.6. The lowest BCUT2D eigenvalue weighted by atomic mass is 9.86. The third-order valence-electron chi connectivity index (χ3n) is 5.92. The molecule has 2 aliphatic rings. The largest absolute Gasteiger partial charge is 0.506 e. The van der Waals surface area contributed by atoms with Gasteiger partial charge in [0.25, 0.3) is 0 Å². The van der Waals surface area contributed by atoms with Crippen molar-refractivity contribution in [1.82, 2.24) is 4.31 Å². The average Bonchev–Trinajstić information content (AvgIpc) is 3.20. The number of amides is 1. The first-order valence-corrected chi connectivity index (χ1v) is 10.9. The van der Waals surface area contributed by atoms with Crippen LogP contribution in [-0.4, -0.2) is 36.8 Å². The van der Waals surface area contributed by atoms with E-state index in [1.165, 1.54) is 41.8 Å². The third-order valence-corrected chi connectivity index (χ3v) is 7.96. The summed E-state index contributed by atoms with van der Waals surface area (Å²) < 4.78 is 26.6. The molecule has 0 radical (unpaired) electrons. The van der Waals surface area contributed by atoms with E-state index < -0.39 is 10.0 Å². The maximum atomic E-state index is 12.6. The number of aromatic hydroxyl groups is 1. The number of carbonyl (C=O) groups is 1. The molecule has 7 heteroatoms. The number of phenolic OH excluding ortho intramolecular Hbond substituents is 1. The van der Waals surface area contributed by atoms with Gasteiger partial charge >= 0.3 is 0 Å². The highest BCUT2D eigenvalue weighted by Gasteiger charge is 2.40. The predicted molar refractivity (Wildman–Crippen MR) is 100 cm³/mol. The van der Waals surface area contributed by atoms with Crippen LogP contribution in [0.4, 0.5) is 5.69 Å². The summed E-state index contributed by atoms with van der Waals surface area (Å²) in [5, 5.41) is 12.8. The molecule has 0 aromatic heterocycles. The van der Waals surface area contributed by atoms with Gasteiger partial charge in [0.2, 0.25) is 15.9 Å². The van der Waals surface area contributed by atoms with Gasteiger partial charge in [-0.05, 0) is 55.2 Å². The Bertz CT molecular complexity index is 774. The molecular weight excluding hydrogens is 352 g/mol. The Hall–Kier alpha value is -1.60. The molecule has 0 saturated heterocycles. The summed E-state index contributed by atoms with van der Waals surface area (Å²) in [4.78, 5) is 12.5. The Labute approximate surface area is 155 Å². The Morgan fingerprint density at radius 3 is 2.54 bits per heavy atom. The first-order chi connectivity index (χ1) is 12.3. The van der Waals surface area contributed by atoms with Gasteiger partial charge in [-0.25, -0.2) is 8.42 Å². The number of anilines is 1. The van der Waals surface area contributed by atoms with Crippen LogP contribution in [0.25, 0.3) is 0 Å². The molecule has 144 valence electrons. The molecular formula is C19H28N2O4S. The number of sulfonamides is 1. The van der Waals surface area contributed by atoms with Crippen LogP contribution >= 0.6 is 0 Å². The van der Waals surface area contributed by atoms with E-state index in [9.17, 15) is 18.3 Å². The molecule has 0 heterocycles. The molecule has 0 spiro atoms. The molecule has 0 aliphatic heterocycles. The third kappa shape index (κ3) is 3.74. The van der Waals surface area contributed by atoms with E-state index in [0.29, 0.717) is 31.3 Å². The first kappa shape index (κ1) is 19.2. The second kappa shape index (κ2) is 7.56. The summed E-state index contributed by atoms with van der Waals surface area (Å²) in [6.45, 7) is 4.29. The van der Waals surface area contributed by atoms with E-state index in [0.717, 1.165) is 12.3 Å². The fraction of sp³-hybridized carbons (Fsp3) is 0.632. The number of nitrogens with one attached hydrogen (secondary N) is 1. The molecule has 1 aromatic carbocycles. The molecule has 26 heavy (non-hydrogen) atoms. The van der Waals surface area contributed by atoms with Crippen molar-refractivity contribution in [2.75, 3.05) is 18.4 Å². The predicted octanol–water partition coefficient (Wildman–Crippen LogP) is 3.19. The van der Waals surface area contributed by atoms with Gasteiger partial charge < -0.3 is 10.4 Å². The van der Waals surface area contributed by atoms with Crippen molar-refractivity contribution in [2.24, 2.45) is 17.8 Å². The fourth-order valence-corrected chi connectivity index (χ4v) is 6.04. The topological polar surface area (TPSA) is 86.7 Å². The number of rotatable bonds is 7. The second-order valence-electron chi connectivity index (χ2n) is 7.46. The molecule has 2 N–H and O–H groups in total. The Balaban J connectivity index is 1.72. The zero-order chi connectivity index (χ0) is 18.9. The SMILES string of the molecule is CCN(CC)S(=O)(=O)c1ccc(O)c(NC(=O)C[C@H]2C[C@H]3CC[C@H]2C3)c1. The van der Waals surface area contributed by atoms with Crippen molar-refractivity contribution in [3.8, 4) is 5.75 Å². The van der Waals surface area contributed by atoms with Crippen molar-refractivity contribution in [1.29, 1.82) is 0 Å². The number of benzene rings is 1. The summed E-state index contributed by atoms with van der Waals surface area (Å²) in [5.41, 5.74) is 0.159. The highest BCUT2D eigenvalue weighted by atomic mass is 32.2. The fourth-order valence-electron chi connectivity index (χ4n) is 4.55. The summed E-state index contributed by atoms with van der Waals surface area (Å²) in [6, 6.07) is 4.04. The smallest absolute Gasteiger partial charge is 0.243 e. The minimum Gasteiger partial charge on any atom is -0.506 e. The lowest BCUT2D eigenvalue weighted by Gasteiger charge is -2.21. The molecule has 2 bridgehead atoms. The molecule has 3 rings (SSSR count). The van der Waals surface area contributed by atoms with Crippen molar-refractivity contribution >= 4 is 21.6 Å². The molecule has 0 unspecified atom stereocenters. The van der Waals surface area contributed by atoms with Crippen molar-refractivity contribution < 1.29 is 18.3 Å². The number of hydrogen-bond acceptors (Lipinski definition) is 4. The average molecular weight is 381 g/mol. The standard InChI is InChI=1S/C19H28N2O4S/c1-3-21(4-2)26(24,25)16-7-8-18(22)17(12-16)20-19(23)11-15-10-13-5-6-14(15)9-13/h7-8,12-15,22H,3-6,9-11H2,1-2H3,(H,20,23)/t13-,14-,15+/m0/s1. The highest BCUT2D eigenvalue weighted by Crippen LogP contribution is 2.49. The number of hydrogen-bond donors (Lipinski definition) is 2. The van der Waals surface area contributed by atoms with Gasteiger partial charge in [-0.3, -0.25) is 4.79 Å². The van der Waals surface area contributed by atoms with Crippen LogP contribution in [0.3, 0.4) is 0 Å². The van der Waals surface area contributed by atoms with Crippen LogP contribution in [0.1, 0.15) is 46.0 Å². The molecule has 6 nitrogen and oxygen atoms in total. The highest BCUT2D eigenvalue weighted by molar-refractivity contribution is 7.89. The minimum absolute atomic E-state index is 0.0780. The molecule has 1 amide bonds. The quantitative estimate of drug-likeness (QED) is 0.711. The van der Waals surface area contributed by atoms with Crippen LogP contribution in [0.2, 0.25) is 0 Å². The normalized spacial score (nSPS) is 25.0. The Morgan fingerprint density at radius 1 is 1.23 bits per heavy atom. The zero-order valence-electron chi connectivity index (χ0n) is 15.4. The van der Waals surface area contributed by atoms with E-state index >= 15 is 0 Å².